The normalized spacial score (nSPS) is 28.0. The van der Waals surface area contributed by atoms with Gasteiger partial charge in [0.05, 0.1) is 5.41 Å². The summed E-state index contributed by atoms with van der Waals surface area (Å²) < 4.78 is 0. The van der Waals surface area contributed by atoms with Gasteiger partial charge < -0.3 is 16.0 Å². The maximum Gasteiger partial charge on any atom is 0.242 e. The molecule has 3 amide bonds. The number of nitrogens with one attached hydrogen (secondary N) is 3. The summed E-state index contributed by atoms with van der Waals surface area (Å²) in [5.74, 6) is 0.103. The predicted octanol–water partition coefficient (Wildman–Crippen LogP) is 3.74. The molecule has 0 bridgehead atoms. The third kappa shape index (κ3) is 7.31. The first-order valence-corrected chi connectivity index (χ1v) is 12.8. The fraction of sp³-hybridized carbons (Fsp3) is 0.667. The molecule has 3 N–H and O–H groups in total. The van der Waals surface area contributed by atoms with Gasteiger partial charge in [0.1, 0.15) is 6.04 Å². The Labute approximate surface area is 198 Å². The summed E-state index contributed by atoms with van der Waals surface area (Å²) in [7, 11) is 0. The Bertz CT molecular complexity index is 795. The minimum atomic E-state index is -0.547. The largest absolute Gasteiger partial charge is 0.356 e. The molecule has 0 saturated carbocycles. The van der Waals surface area contributed by atoms with Gasteiger partial charge >= 0.3 is 0 Å². The van der Waals surface area contributed by atoms with Gasteiger partial charge in [-0.3, -0.25) is 14.4 Å². The van der Waals surface area contributed by atoms with Crippen LogP contribution in [0, 0.1) is 17.3 Å². The second kappa shape index (κ2) is 12.2. The molecule has 2 fully saturated rings. The molecule has 2 heterocycles. The van der Waals surface area contributed by atoms with Gasteiger partial charge in [0.25, 0.3) is 0 Å². The first-order chi connectivity index (χ1) is 15.9. The monoisotopic (exact) mass is 455 g/mol. The Morgan fingerprint density at radius 1 is 0.879 bits per heavy atom. The molecule has 2 saturated heterocycles. The zero-order chi connectivity index (χ0) is 23.7. The highest BCUT2D eigenvalue weighted by molar-refractivity contribution is 5.89. The summed E-state index contributed by atoms with van der Waals surface area (Å²) in [6.07, 6.45) is 8.57. The van der Waals surface area contributed by atoms with Crippen molar-refractivity contribution < 1.29 is 14.4 Å². The van der Waals surface area contributed by atoms with Crippen molar-refractivity contribution in [1.82, 2.24) is 16.0 Å². The van der Waals surface area contributed by atoms with Crippen molar-refractivity contribution in [2.24, 2.45) is 17.3 Å². The van der Waals surface area contributed by atoms with Crippen LogP contribution in [0.2, 0.25) is 0 Å². The van der Waals surface area contributed by atoms with E-state index in [1.165, 1.54) is 0 Å². The van der Waals surface area contributed by atoms with Crippen LogP contribution in [0.5, 0.6) is 0 Å². The minimum Gasteiger partial charge on any atom is -0.356 e. The van der Waals surface area contributed by atoms with Crippen LogP contribution in [0.3, 0.4) is 0 Å². The average Bonchev–Trinajstić information content (AvgIpc) is 3.14. The lowest BCUT2D eigenvalue weighted by atomic mass is 9.78. The van der Waals surface area contributed by atoms with E-state index in [0.717, 1.165) is 57.1 Å². The summed E-state index contributed by atoms with van der Waals surface area (Å²) in [6, 6.07) is 9.57. The fourth-order valence-electron chi connectivity index (χ4n) is 5.29. The topological polar surface area (TPSA) is 87.3 Å². The third-order valence-corrected chi connectivity index (χ3v) is 7.27. The Kier molecular flexibility index (Phi) is 9.33. The molecule has 2 aliphatic heterocycles. The van der Waals surface area contributed by atoms with E-state index < -0.39 is 6.04 Å². The van der Waals surface area contributed by atoms with E-state index in [9.17, 15) is 14.4 Å². The van der Waals surface area contributed by atoms with Crippen molar-refractivity contribution in [3.8, 4) is 0 Å². The molecule has 3 rings (SSSR count). The van der Waals surface area contributed by atoms with Crippen LogP contribution in [-0.2, 0) is 20.8 Å². The molecular weight excluding hydrogens is 414 g/mol. The fourth-order valence-corrected chi connectivity index (χ4v) is 5.29. The predicted molar refractivity (Wildman–Crippen MR) is 130 cm³/mol. The zero-order valence-corrected chi connectivity index (χ0v) is 20.3. The van der Waals surface area contributed by atoms with E-state index in [0.29, 0.717) is 25.8 Å². The standard InChI is InChI=1S/C27H41N3O3/c1-20(2)18-23-25(32)28-16-14-27(15-17-29-26(27)33)13-9-4-3-8-12-22(24(31)30-23)19-21-10-6-5-7-11-21/h5-7,10-11,20,22-23H,3-4,8-9,12-19H2,1-2H3,(H,28,32)(H,29,33)(H,30,31). The van der Waals surface area contributed by atoms with Crippen molar-refractivity contribution in [2.45, 2.75) is 84.1 Å². The van der Waals surface area contributed by atoms with E-state index in [4.69, 9.17) is 0 Å². The number of benzene rings is 1. The molecule has 0 aromatic heterocycles. The van der Waals surface area contributed by atoms with Gasteiger partial charge in [-0.15, -0.1) is 0 Å². The molecule has 3 unspecified atom stereocenters. The lowest BCUT2D eigenvalue weighted by Crippen LogP contribution is -2.50. The minimum absolute atomic E-state index is 0.0267. The lowest BCUT2D eigenvalue weighted by Gasteiger charge is -2.27. The van der Waals surface area contributed by atoms with Gasteiger partial charge in [-0.2, -0.15) is 0 Å². The van der Waals surface area contributed by atoms with E-state index in [1.807, 2.05) is 18.2 Å². The Morgan fingerprint density at radius 3 is 2.24 bits per heavy atom. The summed E-state index contributed by atoms with van der Waals surface area (Å²) in [6.45, 7) is 5.31. The molecule has 33 heavy (non-hydrogen) atoms. The number of amides is 3. The first kappa shape index (κ1) is 25.3. The number of rotatable bonds is 4. The lowest BCUT2D eigenvalue weighted by molar-refractivity contribution is -0.132. The second-order valence-electron chi connectivity index (χ2n) is 10.4. The van der Waals surface area contributed by atoms with Crippen LogP contribution in [-0.4, -0.2) is 36.9 Å². The quantitative estimate of drug-likeness (QED) is 0.646. The molecule has 2 aliphatic rings. The molecule has 3 atom stereocenters. The van der Waals surface area contributed by atoms with Gasteiger partial charge in [0, 0.05) is 19.0 Å². The molecular formula is C27H41N3O3. The summed E-state index contributed by atoms with van der Waals surface area (Å²) >= 11 is 0. The van der Waals surface area contributed by atoms with Gasteiger partial charge in [0.2, 0.25) is 17.7 Å². The zero-order valence-electron chi connectivity index (χ0n) is 20.3. The summed E-state index contributed by atoms with van der Waals surface area (Å²) in [5, 5.41) is 9.11. The number of hydrogen-bond donors (Lipinski definition) is 3. The summed E-state index contributed by atoms with van der Waals surface area (Å²) in [5.41, 5.74) is 0.787. The number of carbonyl (C=O) groups excluding carboxylic acids is 3. The molecule has 1 aromatic rings. The van der Waals surface area contributed by atoms with Crippen LogP contribution in [0.1, 0.15) is 77.2 Å². The van der Waals surface area contributed by atoms with Crippen molar-refractivity contribution >= 4 is 17.7 Å². The molecule has 0 radical (unpaired) electrons. The van der Waals surface area contributed by atoms with Crippen molar-refractivity contribution in [3.63, 3.8) is 0 Å². The van der Waals surface area contributed by atoms with E-state index >= 15 is 0 Å². The van der Waals surface area contributed by atoms with Crippen LogP contribution in [0.15, 0.2) is 30.3 Å². The highest BCUT2D eigenvalue weighted by Gasteiger charge is 2.41. The van der Waals surface area contributed by atoms with Crippen molar-refractivity contribution in [1.29, 1.82) is 0 Å². The second-order valence-corrected chi connectivity index (χ2v) is 10.4. The smallest absolute Gasteiger partial charge is 0.242 e. The highest BCUT2D eigenvalue weighted by Crippen LogP contribution is 2.36. The van der Waals surface area contributed by atoms with Crippen LogP contribution in [0.4, 0.5) is 0 Å². The van der Waals surface area contributed by atoms with Crippen LogP contribution in [0.25, 0.3) is 0 Å². The van der Waals surface area contributed by atoms with E-state index in [-0.39, 0.29) is 35.0 Å². The molecule has 0 aliphatic carbocycles. The van der Waals surface area contributed by atoms with Gasteiger partial charge in [-0.25, -0.2) is 0 Å². The highest BCUT2D eigenvalue weighted by atomic mass is 16.2. The average molecular weight is 456 g/mol. The SMILES string of the molecule is CC(C)CC1NC(=O)C(Cc2ccccc2)CCCCCCC2(CCNC1=O)CCNC2=O. The van der Waals surface area contributed by atoms with Crippen LogP contribution >= 0.6 is 0 Å². The molecule has 182 valence electrons. The number of hydrogen-bond acceptors (Lipinski definition) is 3. The Hall–Kier alpha value is -2.37. The van der Waals surface area contributed by atoms with Crippen molar-refractivity contribution in [3.05, 3.63) is 35.9 Å². The summed E-state index contributed by atoms with van der Waals surface area (Å²) in [4.78, 5) is 39.0. The maximum absolute atomic E-state index is 13.3. The van der Waals surface area contributed by atoms with Gasteiger partial charge in [-0.1, -0.05) is 69.9 Å². The first-order valence-electron chi connectivity index (χ1n) is 12.8. The Morgan fingerprint density at radius 2 is 1.58 bits per heavy atom. The molecule has 6 nitrogen and oxygen atoms in total. The molecule has 1 aromatic carbocycles. The van der Waals surface area contributed by atoms with Crippen LogP contribution < -0.4 is 16.0 Å². The van der Waals surface area contributed by atoms with E-state index in [2.05, 4.69) is 41.9 Å². The molecule has 6 heteroatoms. The number of carbonyl (C=O) groups is 3. The third-order valence-electron chi connectivity index (χ3n) is 7.27. The van der Waals surface area contributed by atoms with Crippen molar-refractivity contribution in [2.75, 3.05) is 13.1 Å². The van der Waals surface area contributed by atoms with E-state index in [1.54, 1.807) is 0 Å². The van der Waals surface area contributed by atoms with Gasteiger partial charge in [-0.05, 0) is 50.0 Å². The maximum atomic E-state index is 13.3. The Balaban J connectivity index is 1.74. The molecule has 1 spiro atoms. The van der Waals surface area contributed by atoms with Gasteiger partial charge in [0.15, 0.2) is 0 Å².